The van der Waals surface area contributed by atoms with E-state index >= 15 is 0 Å². The monoisotopic (exact) mass is 333 g/mol. The fraction of sp³-hybridized carbons (Fsp3) is 0.364. The van der Waals surface area contributed by atoms with E-state index in [9.17, 15) is 4.79 Å². The molecule has 4 heteroatoms. The Morgan fingerprint density at radius 1 is 1.53 bits per heavy atom. The molecule has 1 aromatic rings. The number of benzene rings is 1. The Morgan fingerprint density at radius 2 is 2.27 bits per heavy atom. The van der Waals surface area contributed by atoms with Crippen molar-refractivity contribution in [2.45, 2.75) is 19.4 Å². The van der Waals surface area contributed by atoms with Crippen molar-refractivity contribution in [1.29, 1.82) is 0 Å². The molecule has 0 spiro atoms. The van der Waals surface area contributed by atoms with Crippen LogP contribution in [0.1, 0.15) is 24.9 Å². The number of nitrogens with one attached hydrogen (secondary N) is 1. The largest absolute Gasteiger partial charge is 0.350 e. The molecule has 0 aromatic heterocycles. The Morgan fingerprint density at radius 3 is 2.87 bits per heavy atom. The van der Waals surface area contributed by atoms with E-state index in [0.29, 0.717) is 11.8 Å². The zero-order valence-corrected chi connectivity index (χ0v) is 11.6. The molecule has 0 fully saturated rings. The Labute approximate surface area is 107 Å². The number of halogens is 2. The lowest BCUT2D eigenvalue weighted by Crippen LogP contribution is -2.26. The first-order valence-electron chi connectivity index (χ1n) is 4.74. The molecule has 0 saturated carbocycles. The molecule has 0 aliphatic carbocycles. The fourth-order valence-corrected chi connectivity index (χ4v) is 2.04. The van der Waals surface area contributed by atoms with Crippen LogP contribution in [-0.2, 0) is 4.79 Å². The molecule has 1 rings (SSSR count). The van der Waals surface area contributed by atoms with Crippen LogP contribution in [-0.4, -0.2) is 11.2 Å². The molecule has 2 nitrogen and oxygen atoms in total. The second kappa shape index (κ2) is 6.28. The molecule has 1 N–H and O–H groups in total. The standard InChI is InChI=1S/C11H13Br2NO/c1-8(14-11(15)5-6-12)9-3-2-4-10(13)7-9/h2-4,7-8H,5-6H2,1H3,(H,14,15). The second-order valence-corrected chi connectivity index (χ2v) is 4.99. The summed E-state index contributed by atoms with van der Waals surface area (Å²) >= 11 is 6.65. The minimum Gasteiger partial charge on any atom is -0.350 e. The highest BCUT2D eigenvalue weighted by Gasteiger charge is 2.08. The van der Waals surface area contributed by atoms with Gasteiger partial charge in [-0.3, -0.25) is 4.79 Å². The van der Waals surface area contributed by atoms with Gasteiger partial charge in [0.15, 0.2) is 0 Å². The summed E-state index contributed by atoms with van der Waals surface area (Å²) in [6.45, 7) is 1.98. The summed E-state index contributed by atoms with van der Waals surface area (Å²) in [6.07, 6.45) is 0.512. The van der Waals surface area contributed by atoms with Gasteiger partial charge < -0.3 is 5.32 Å². The van der Waals surface area contributed by atoms with Crippen LogP contribution in [0.3, 0.4) is 0 Å². The Bertz CT molecular complexity index is 341. The van der Waals surface area contributed by atoms with Crippen LogP contribution in [0.25, 0.3) is 0 Å². The van der Waals surface area contributed by atoms with Crippen LogP contribution in [0.15, 0.2) is 28.7 Å². The highest BCUT2D eigenvalue weighted by Crippen LogP contribution is 2.17. The first kappa shape index (κ1) is 12.7. The summed E-state index contributed by atoms with van der Waals surface area (Å²) in [7, 11) is 0. The summed E-state index contributed by atoms with van der Waals surface area (Å²) in [5.41, 5.74) is 1.10. The van der Waals surface area contributed by atoms with Crippen molar-refractivity contribution in [2.75, 3.05) is 5.33 Å². The van der Waals surface area contributed by atoms with Gasteiger partial charge >= 0.3 is 0 Å². The van der Waals surface area contributed by atoms with E-state index < -0.39 is 0 Å². The first-order valence-corrected chi connectivity index (χ1v) is 6.65. The number of carbonyl (C=O) groups excluding carboxylic acids is 1. The average molecular weight is 335 g/mol. The first-order chi connectivity index (χ1) is 7.13. The molecule has 0 saturated heterocycles. The molecule has 15 heavy (non-hydrogen) atoms. The molecule has 1 amide bonds. The van der Waals surface area contributed by atoms with Crippen molar-refractivity contribution in [2.24, 2.45) is 0 Å². The zero-order chi connectivity index (χ0) is 11.3. The predicted molar refractivity (Wildman–Crippen MR) is 69.1 cm³/mol. The van der Waals surface area contributed by atoms with Gasteiger partial charge in [0.1, 0.15) is 0 Å². The Hall–Kier alpha value is -0.350. The predicted octanol–water partition coefficient (Wildman–Crippen LogP) is 3.41. The molecular formula is C11H13Br2NO. The van der Waals surface area contributed by atoms with E-state index in [1.54, 1.807) is 0 Å². The molecule has 82 valence electrons. The number of alkyl halides is 1. The van der Waals surface area contributed by atoms with Crippen LogP contribution in [0.4, 0.5) is 0 Å². The molecular weight excluding hydrogens is 322 g/mol. The topological polar surface area (TPSA) is 29.1 Å². The van der Waals surface area contributed by atoms with E-state index in [0.717, 1.165) is 10.0 Å². The van der Waals surface area contributed by atoms with Gasteiger partial charge in [0.05, 0.1) is 6.04 Å². The van der Waals surface area contributed by atoms with Crippen LogP contribution in [0.2, 0.25) is 0 Å². The molecule has 1 aromatic carbocycles. The van der Waals surface area contributed by atoms with Crippen molar-refractivity contribution >= 4 is 37.8 Å². The van der Waals surface area contributed by atoms with Crippen molar-refractivity contribution in [3.05, 3.63) is 34.3 Å². The zero-order valence-electron chi connectivity index (χ0n) is 8.47. The van der Waals surface area contributed by atoms with Gasteiger partial charge in [-0.25, -0.2) is 0 Å². The molecule has 0 aliphatic rings. The molecule has 1 unspecified atom stereocenters. The molecule has 0 bridgehead atoms. The summed E-state index contributed by atoms with van der Waals surface area (Å²) in [5.74, 6) is 0.0688. The smallest absolute Gasteiger partial charge is 0.221 e. The Kier molecular flexibility index (Phi) is 5.32. The van der Waals surface area contributed by atoms with Crippen molar-refractivity contribution in [3.8, 4) is 0 Å². The van der Waals surface area contributed by atoms with E-state index in [1.165, 1.54) is 0 Å². The maximum Gasteiger partial charge on any atom is 0.221 e. The van der Waals surface area contributed by atoms with Gasteiger partial charge in [0.25, 0.3) is 0 Å². The fourth-order valence-electron chi connectivity index (χ4n) is 1.26. The second-order valence-electron chi connectivity index (χ2n) is 3.28. The van der Waals surface area contributed by atoms with Crippen molar-refractivity contribution in [1.82, 2.24) is 5.32 Å². The third-order valence-electron chi connectivity index (χ3n) is 2.05. The van der Waals surface area contributed by atoms with E-state index in [1.807, 2.05) is 31.2 Å². The summed E-state index contributed by atoms with van der Waals surface area (Å²) < 4.78 is 1.03. The van der Waals surface area contributed by atoms with Crippen LogP contribution < -0.4 is 5.32 Å². The minimum atomic E-state index is 0.0500. The Balaban J connectivity index is 2.60. The molecule has 0 radical (unpaired) electrons. The summed E-state index contributed by atoms with van der Waals surface area (Å²) in [4.78, 5) is 11.4. The van der Waals surface area contributed by atoms with Gasteiger partial charge in [-0.2, -0.15) is 0 Å². The average Bonchev–Trinajstić information content (AvgIpc) is 2.18. The van der Waals surface area contributed by atoms with Crippen LogP contribution in [0.5, 0.6) is 0 Å². The van der Waals surface area contributed by atoms with E-state index in [2.05, 4.69) is 37.2 Å². The van der Waals surface area contributed by atoms with Crippen LogP contribution >= 0.6 is 31.9 Å². The van der Waals surface area contributed by atoms with Gasteiger partial charge in [-0.1, -0.05) is 44.0 Å². The number of hydrogen-bond donors (Lipinski definition) is 1. The third-order valence-corrected chi connectivity index (χ3v) is 2.94. The third kappa shape index (κ3) is 4.34. The van der Waals surface area contributed by atoms with Crippen molar-refractivity contribution < 1.29 is 4.79 Å². The quantitative estimate of drug-likeness (QED) is 0.840. The highest BCUT2D eigenvalue weighted by molar-refractivity contribution is 9.10. The highest BCUT2D eigenvalue weighted by atomic mass is 79.9. The molecule has 0 aliphatic heterocycles. The van der Waals surface area contributed by atoms with Gasteiger partial charge in [0, 0.05) is 16.2 Å². The normalized spacial score (nSPS) is 12.2. The van der Waals surface area contributed by atoms with E-state index in [4.69, 9.17) is 0 Å². The maximum atomic E-state index is 11.4. The molecule has 1 atom stereocenters. The summed E-state index contributed by atoms with van der Waals surface area (Å²) in [5, 5.41) is 3.63. The van der Waals surface area contributed by atoms with Crippen LogP contribution in [0, 0.1) is 0 Å². The van der Waals surface area contributed by atoms with Crippen molar-refractivity contribution in [3.63, 3.8) is 0 Å². The lowest BCUT2D eigenvalue weighted by molar-refractivity contribution is -0.121. The lowest BCUT2D eigenvalue weighted by atomic mass is 10.1. The number of hydrogen-bond acceptors (Lipinski definition) is 1. The lowest BCUT2D eigenvalue weighted by Gasteiger charge is -2.14. The SMILES string of the molecule is CC(NC(=O)CCBr)c1cccc(Br)c1. The minimum absolute atomic E-state index is 0.0500. The van der Waals surface area contributed by atoms with E-state index in [-0.39, 0.29) is 11.9 Å². The van der Waals surface area contributed by atoms with Gasteiger partial charge in [-0.15, -0.1) is 0 Å². The number of amides is 1. The summed E-state index contributed by atoms with van der Waals surface area (Å²) in [6, 6.07) is 8.00. The maximum absolute atomic E-state index is 11.4. The van der Waals surface area contributed by atoms with Gasteiger partial charge in [0.2, 0.25) is 5.91 Å². The molecule has 0 heterocycles. The van der Waals surface area contributed by atoms with Gasteiger partial charge in [-0.05, 0) is 24.6 Å². The number of rotatable bonds is 4. The number of carbonyl (C=O) groups is 1.